The molecule has 27 heavy (non-hydrogen) atoms. The quantitative estimate of drug-likeness (QED) is 0.350. The molecule has 0 bridgehead atoms. The Hall–Kier alpha value is -3.13. The Bertz CT molecular complexity index is 1410. The molecule has 5 rings (SSSR count). The molecule has 0 saturated heterocycles. The van der Waals surface area contributed by atoms with E-state index in [0.717, 1.165) is 44.0 Å². The van der Waals surface area contributed by atoms with Gasteiger partial charge in [-0.3, -0.25) is 0 Å². The molecule has 0 N–H and O–H groups in total. The van der Waals surface area contributed by atoms with Crippen LogP contribution >= 0.6 is 0 Å². The summed E-state index contributed by atoms with van der Waals surface area (Å²) in [5.74, 6) is 0. The van der Waals surface area contributed by atoms with Crippen molar-refractivity contribution in [1.82, 2.24) is 0 Å². The third-order valence-electron chi connectivity index (χ3n) is 5.49. The molecule has 132 valence electrons. The molecule has 0 aliphatic carbocycles. The van der Waals surface area contributed by atoms with Gasteiger partial charge in [-0.15, -0.1) is 0 Å². The highest BCUT2D eigenvalue weighted by atomic mass is 16.3. The lowest BCUT2D eigenvalue weighted by Gasteiger charge is -2.11. The third kappa shape index (κ3) is 2.30. The smallest absolute Gasteiger partial charge is 0.213 e. The molecule has 0 radical (unpaired) electrons. The lowest BCUT2D eigenvalue weighted by atomic mass is 9.92. The molecular formula is C25H22NO+. The predicted octanol–water partition coefficient (Wildman–Crippen LogP) is 6.10. The highest BCUT2D eigenvalue weighted by molar-refractivity contribution is 6.22. The van der Waals surface area contributed by atoms with Crippen molar-refractivity contribution in [2.24, 2.45) is 7.05 Å². The van der Waals surface area contributed by atoms with Crippen LogP contribution in [0.25, 0.3) is 44.0 Å². The maximum Gasteiger partial charge on any atom is 0.213 e. The van der Waals surface area contributed by atoms with Crippen molar-refractivity contribution in [3.8, 4) is 11.3 Å². The number of hydrogen-bond donors (Lipinski definition) is 0. The first-order valence-corrected chi connectivity index (χ1v) is 9.19. The zero-order valence-corrected chi connectivity index (χ0v) is 15.7. The maximum absolute atomic E-state index is 8.19. The second kappa shape index (κ2) is 5.95. The van der Waals surface area contributed by atoms with Crippen molar-refractivity contribution in [3.63, 3.8) is 0 Å². The number of para-hydroxylation sites is 1. The van der Waals surface area contributed by atoms with Gasteiger partial charge in [-0.25, -0.2) is 4.57 Å². The summed E-state index contributed by atoms with van der Waals surface area (Å²) < 4.78 is 24.8. The number of aromatic nitrogens is 1. The monoisotopic (exact) mass is 354 g/mol. The fourth-order valence-corrected chi connectivity index (χ4v) is 4.11. The van der Waals surface area contributed by atoms with E-state index in [1.165, 1.54) is 5.56 Å². The second-order valence-electron chi connectivity index (χ2n) is 7.01. The lowest BCUT2D eigenvalue weighted by Crippen LogP contribution is -2.30. The molecule has 2 heterocycles. The SMILES string of the molecule is [2H]C([2H])(C)c1cc[n+](C)c(-c2c(C)c3ccccc3c3oc4ccccc4c23)c1. The first-order valence-electron chi connectivity index (χ1n) is 10.2. The highest BCUT2D eigenvalue weighted by Crippen LogP contribution is 2.42. The number of fused-ring (bicyclic) bond motifs is 5. The summed E-state index contributed by atoms with van der Waals surface area (Å²) >= 11 is 0. The first-order chi connectivity index (χ1) is 13.9. The molecule has 5 aromatic rings. The van der Waals surface area contributed by atoms with E-state index < -0.39 is 6.37 Å². The van der Waals surface area contributed by atoms with Crippen molar-refractivity contribution in [2.45, 2.75) is 20.2 Å². The van der Waals surface area contributed by atoms with Crippen LogP contribution in [0.4, 0.5) is 0 Å². The fraction of sp³-hybridized carbons (Fsp3) is 0.160. The minimum atomic E-state index is -1.41. The summed E-state index contributed by atoms with van der Waals surface area (Å²) in [5.41, 5.74) is 5.66. The minimum absolute atomic E-state index is 0.666. The fourth-order valence-electron chi connectivity index (χ4n) is 4.11. The predicted molar refractivity (Wildman–Crippen MR) is 112 cm³/mol. The Morgan fingerprint density at radius 2 is 1.67 bits per heavy atom. The molecular weight excluding hydrogens is 330 g/mol. The summed E-state index contributed by atoms with van der Waals surface area (Å²) in [6.45, 7) is 3.74. The number of rotatable bonds is 2. The number of aryl methyl sites for hydroxylation is 3. The summed E-state index contributed by atoms with van der Waals surface area (Å²) in [5, 5.41) is 4.42. The van der Waals surface area contributed by atoms with Gasteiger partial charge in [0.1, 0.15) is 18.2 Å². The van der Waals surface area contributed by atoms with Crippen LogP contribution in [0.5, 0.6) is 0 Å². The largest absolute Gasteiger partial charge is 0.455 e. The molecule has 2 nitrogen and oxygen atoms in total. The third-order valence-corrected chi connectivity index (χ3v) is 5.49. The molecule has 0 aliphatic rings. The molecule has 2 aromatic heterocycles. The van der Waals surface area contributed by atoms with E-state index in [4.69, 9.17) is 7.16 Å². The number of nitrogens with zero attached hydrogens (tertiary/aromatic N) is 1. The Morgan fingerprint density at radius 1 is 0.963 bits per heavy atom. The molecule has 0 atom stereocenters. The van der Waals surface area contributed by atoms with E-state index in [1.807, 2.05) is 49.6 Å². The van der Waals surface area contributed by atoms with E-state index in [2.05, 4.69) is 35.8 Å². The van der Waals surface area contributed by atoms with E-state index in [-0.39, 0.29) is 0 Å². The van der Waals surface area contributed by atoms with Gasteiger partial charge in [0.25, 0.3) is 0 Å². The van der Waals surface area contributed by atoms with Gasteiger partial charge in [0.05, 0.1) is 5.56 Å². The zero-order chi connectivity index (χ0) is 20.3. The van der Waals surface area contributed by atoms with Gasteiger partial charge in [0.2, 0.25) is 5.69 Å². The molecule has 0 spiro atoms. The van der Waals surface area contributed by atoms with Crippen molar-refractivity contribution in [3.05, 3.63) is 78.0 Å². The van der Waals surface area contributed by atoms with E-state index in [0.29, 0.717) is 5.56 Å². The maximum atomic E-state index is 8.19. The normalized spacial score (nSPS) is 13.3. The summed E-state index contributed by atoms with van der Waals surface area (Å²) in [6, 6.07) is 20.3. The highest BCUT2D eigenvalue weighted by Gasteiger charge is 2.23. The van der Waals surface area contributed by atoms with Crippen LogP contribution < -0.4 is 4.57 Å². The molecule has 3 aromatic carbocycles. The van der Waals surface area contributed by atoms with Gasteiger partial charge < -0.3 is 4.42 Å². The molecule has 0 saturated carbocycles. The average Bonchev–Trinajstić information content (AvgIpc) is 3.08. The summed E-state index contributed by atoms with van der Waals surface area (Å²) in [7, 11) is 2.01. The lowest BCUT2D eigenvalue weighted by molar-refractivity contribution is -0.660. The van der Waals surface area contributed by atoms with Gasteiger partial charge in [-0.05, 0) is 35.9 Å². The van der Waals surface area contributed by atoms with Crippen LogP contribution in [-0.4, -0.2) is 0 Å². The van der Waals surface area contributed by atoms with Gasteiger partial charge in [-0.2, -0.15) is 0 Å². The van der Waals surface area contributed by atoms with Crippen molar-refractivity contribution in [1.29, 1.82) is 0 Å². The molecule has 0 aliphatic heterocycles. The Morgan fingerprint density at radius 3 is 2.44 bits per heavy atom. The van der Waals surface area contributed by atoms with E-state index in [9.17, 15) is 0 Å². The van der Waals surface area contributed by atoms with Crippen LogP contribution in [0.15, 0.2) is 71.3 Å². The van der Waals surface area contributed by atoms with Gasteiger partial charge in [0, 0.05) is 31.0 Å². The molecule has 2 heteroatoms. The minimum Gasteiger partial charge on any atom is -0.455 e. The van der Waals surface area contributed by atoms with Crippen LogP contribution in [-0.2, 0) is 13.4 Å². The number of benzene rings is 3. The Labute approximate surface area is 161 Å². The Balaban J connectivity index is 2.02. The van der Waals surface area contributed by atoms with Crippen molar-refractivity contribution in [2.75, 3.05) is 0 Å². The molecule has 0 fully saturated rings. The van der Waals surface area contributed by atoms with E-state index in [1.54, 1.807) is 6.92 Å². The molecule has 0 amide bonds. The Kier molecular flexibility index (Phi) is 3.08. The summed E-state index contributed by atoms with van der Waals surface area (Å²) in [4.78, 5) is 0. The molecule has 0 unspecified atom stereocenters. The number of pyridine rings is 1. The zero-order valence-electron chi connectivity index (χ0n) is 17.7. The van der Waals surface area contributed by atoms with Gasteiger partial charge in [-0.1, -0.05) is 49.4 Å². The van der Waals surface area contributed by atoms with Crippen LogP contribution in [0, 0.1) is 6.92 Å². The number of hydrogen-bond acceptors (Lipinski definition) is 1. The van der Waals surface area contributed by atoms with Gasteiger partial charge >= 0.3 is 0 Å². The van der Waals surface area contributed by atoms with E-state index >= 15 is 0 Å². The number of furan rings is 1. The standard InChI is InChI=1S/C25H22NO/c1-4-17-13-14-26(3)21(15-17)23-16(2)18-9-5-6-10-19(18)25-24(23)20-11-7-8-12-22(20)27-25/h5-15H,4H2,1-3H3/q+1/i4D2. The average molecular weight is 354 g/mol. The summed E-state index contributed by atoms with van der Waals surface area (Å²) in [6.07, 6.45) is 0.528. The first kappa shape index (κ1) is 14.0. The van der Waals surface area contributed by atoms with Gasteiger partial charge in [0.15, 0.2) is 6.20 Å². The topological polar surface area (TPSA) is 17.0 Å². The van der Waals surface area contributed by atoms with Crippen LogP contribution in [0.2, 0.25) is 0 Å². The van der Waals surface area contributed by atoms with Crippen molar-refractivity contribution < 1.29 is 11.7 Å². The second-order valence-corrected chi connectivity index (χ2v) is 7.01. The van der Waals surface area contributed by atoms with Crippen LogP contribution in [0.1, 0.15) is 20.8 Å². The van der Waals surface area contributed by atoms with Crippen LogP contribution in [0.3, 0.4) is 0 Å². The van der Waals surface area contributed by atoms with Crippen molar-refractivity contribution >= 4 is 32.7 Å².